The topological polar surface area (TPSA) is 107 Å². The Bertz CT molecular complexity index is 1340. The highest BCUT2D eigenvalue weighted by Gasteiger charge is 2.22. The molecule has 7 nitrogen and oxygen atoms in total. The Morgan fingerprint density at radius 3 is 2.42 bits per heavy atom. The number of rotatable bonds is 6. The van der Waals surface area contributed by atoms with Crippen LogP contribution in [0.5, 0.6) is 5.75 Å². The van der Waals surface area contributed by atoms with Crippen molar-refractivity contribution in [3.63, 3.8) is 0 Å². The predicted octanol–water partition coefficient (Wildman–Crippen LogP) is 3.22. The number of carboxylic acids is 1. The number of amides is 1. The Morgan fingerprint density at radius 1 is 1.06 bits per heavy atom. The van der Waals surface area contributed by atoms with Crippen molar-refractivity contribution in [3.05, 3.63) is 71.3 Å². The van der Waals surface area contributed by atoms with Crippen LogP contribution in [0.25, 0.3) is 21.8 Å². The molecule has 0 unspecified atom stereocenters. The van der Waals surface area contributed by atoms with Gasteiger partial charge in [-0.15, -0.1) is 0 Å². The summed E-state index contributed by atoms with van der Waals surface area (Å²) in [5, 5.41) is 9.57. The van der Waals surface area contributed by atoms with Crippen LogP contribution in [0.15, 0.2) is 42.7 Å². The molecule has 0 radical (unpaired) electrons. The number of benzene rings is 2. The fourth-order valence-electron chi connectivity index (χ4n) is 3.55. The summed E-state index contributed by atoms with van der Waals surface area (Å²) in [5.74, 6) is -5.15. The number of aliphatic carboxylic acids is 1. The van der Waals surface area contributed by atoms with Crippen molar-refractivity contribution in [1.82, 2.24) is 9.55 Å². The van der Waals surface area contributed by atoms with Gasteiger partial charge in [-0.05, 0) is 12.1 Å². The van der Waals surface area contributed by atoms with Crippen LogP contribution in [0.1, 0.15) is 15.9 Å². The van der Waals surface area contributed by atoms with E-state index in [9.17, 15) is 22.8 Å². The van der Waals surface area contributed by atoms with E-state index in [0.717, 1.165) is 0 Å². The van der Waals surface area contributed by atoms with Crippen LogP contribution in [0.4, 0.5) is 13.2 Å². The van der Waals surface area contributed by atoms with E-state index in [0.29, 0.717) is 33.9 Å². The van der Waals surface area contributed by atoms with Crippen molar-refractivity contribution in [3.8, 4) is 5.75 Å². The summed E-state index contributed by atoms with van der Waals surface area (Å²) in [7, 11) is 0. The Labute approximate surface area is 172 Å². The quantitative estimate of drug-likeness (QED) is 0.489. The Kier molecular flexibility index (Phi) is 4.97. The normalized spacial score (nSPS) is 11.2. The number of pyridine rings is 1. The number of carbonyl (C=O) groups excluding carboxylic acids is 1. The molecule has 0 atom stereocenters. The molecule has 1 amide bonds. The van der Waals surface area contributed by atoms with Crippen molar-refractivity contribution in [2.45, 2.75) is 6.54 Å². The van der Waals surface area contributed by atoms with E-state index >= 15 is 0 Å². The second-order valence-electron chi connectivity index (χ2n) is 6.71. The van der Waals surface area contributed by atoms with Gasteiger partial charge in [-0.3, -0.25) is 9.78 Å². The first-order valence-corrected chi connectivity index (χ1v) is 8.94. The molecule has 0 aliphatic carbocycles. The molecule has 2 heterocycles. The molecule has 0 saturated carbocycles. The van der Waals surface area contributed by atoms with Crippen LogP contribution >= 0.6 is 0 Å². The smallest absolute Gasteiger partial charge is 0.341 e. The molecule has 4 rings (SSSR count). The van der Waals surface area contributed by atoms with Gasteiger partial charge in [0.25, 0.3) is 0 Å². The highest BCUT2D eigenvalue weighted by molar-refractivity contribution is 6.19. The van der Waals surface area contributed by atoms with Crippen LogP contribution in [-0.4, -0.2) is 33.1 Å². The highest BCUT2D eigenvalue weighted by Crippen LogP contribution is 2.37. The fourth-order valence-corrected chi connectivity index (χ4v) is 3.55. The average Bonchev–Trinajstić information content (AvgIpc) is 3.03. The van der Waals surface area contributed by atoms with Gasteiger partial charge in [0, 0.05) is 28.6 Å². The maximum absolute atomic E-state index is 14.3. The van der Waals surface area contributed by atoms with E-state index in [1.165, 1.54) is 23.0 Å². The van der Waals surface area contributed by atoms with Gasteiger partial charge in [0.1, 0.15) is 23.2 Å². The number of ether oxygens (including phenoxy) is 1. The molecule has 2 aromatic carbocycles. The molecule has 4 aromatic rings. The van der Waals surface area contributed by atoms with Crippen LogP contribution in [0.3, 0.4) is 0 Å². The second kappa shape index (κ2) is 7.63. The number of carboxylic acid groups (broad SMARTS) is 1. The summed E-state index contributed by atoms with van der Waals surface area (Å²) >= 11 is 0. The summed E-state index contributed by atoms with van der Waals surface area (Å²) in [6.45, 7) is -1.03. The Morgan fingerprint density at radius 2 is 1.77 bits per heavy atom. The van der Waals surface area contributed by atoms with Crippen molar-refractivity contribution in [2.75, 3.05) is 6.61 Å². The summed E-state index contributed by atoms with van der Waals surface area (Å²) in [5.41, 5.74) is 5.90. The van der Waals surface area contributed by atoms with Crippen molar-refractivity contribution >= 4 is 33.7 Å². The first-order valence-electron chi connectivity index (χ1n) is 8.94. The van der Waals surface area contributed by atoms with Crippen LogP contribution in [0, 0.1) is 17.5 Å². The minimum atomic E-state index is -1.23. The maximum atomic E-state index is 14.3. The number of hydrogen-bond donors (Lipinski definition) is 2. The molecule has 0 aliphatic rings. The highest BCUT2D eigenvalue weighted by atomic mass is 19.1. The molecular formula is C21H14F3N3O4. The Hall–Kier alpha value is -4.08. The average molecular weight is 429 g/mol. The lowest BCUT2D eigenvalue weighted by atomic mass is 10.1. The van der Waals surface area contributed by atoms with Gasteiger partial charge in [0.05, 0.1) is 35.4 Å². The third kappa shape index (κ3) is 3.52. The summed E-state index contributed by atoms with van der Waals surface area (Å²) < 4.78 is 48.8. The second-order valence-corrected chi connectivity index (χ2v) is 6.71. The molecule has 0 aliphatic heterocycles. The number of aromatic nitrogens is 2. The van der Waals surface area contributed by atoms with Crippen LogP contribution in [-0.2, 0) is 11.3 Å². The van der Waals surface area contributed by atoms with Crippen LogP contribution < -0.4 is 10.5 Å². The molecule has 0 bridgehead atoms. The maximum Gasteiger partial charge on any atom is 0.341 e. The third-order valence-corrected chi connectivity index (χ3v) is 4.80. The van der Waals surface area contributed by atoms with Gasteiger partial charge < -0.3 is 20.1 Å². The van der Waals surface area contributed by atoms with Gasteiger partial charge in [-0.25, -0.2) is 18.0 Å². The van der Waals surface area contributed by atoms with Gasteiger partial charge >= 0.3 is 5.97 Å². The SMILES string of the molecule is NC(=O)c1cccc2c1c1c(OCC(=O)O)cncc1n2Cc1c(F)cc(F)cc1F. The molecule has 10 heteroatoms. The molecule has 0 spiro atoms. The number of fused-ring (bicyclic) bond motifs is 3. The lowest BCUT2D eigenvalue weighted by Gasteiger charge is -2.10. The largest absolute Gasteiger partial charge is 0.480 e. The van der Waals surface area contributed by atoms with E-state index in [-0.39, 0.29) is 17.9 Å². The summed E-state index contributed by atoms with van der Waals surface area (Å²) in [4.78, 5) is 27.0. The van der Waals surface area contributed by atoms with Crippen LogP contribution in [0.2, 0.25) is 0 Å². The zero-order valence-corrected chi connectivity index (χ0v) is 15.7. The predicted molar refractivity (Wildman–Crippen MR) is 104 cm³/mol. The zero-order valence-electron chi connectivity index (χ0n) is 15.7. The molecule has 158 valence electrons. The lowest BCUT2D eigenvalue weighted by Crippen LogP contribution is -2.12. The van der Waals surface area contributed by atoms with Gasteiger partial charge in [0.2, 0.25) is 5.91 Å². The zero-order chi connectivity index (χ0) is 22.3. The van der Waals surface area contributed by atoms with E-state index in [2.05, 4.69) is 4.98 Å². The Balaban J connectivity index is 2.04. The first-order chi connectivity index (χ1) is 14.8. The van der Waals surface area contributed by atoms with E-state index in [4.69, 9.17) is 15.6 Å². The first kappa shape index (κ1) is 20.2. The van der Waals surface area contributed by atoms with E-state index < -0.39 is 41.5 Å². The van der Waals surface area contributed by atoms with E-state index in [1.54, 1.807) is 12.1 Å². The molecule has 0 fully saturated rings. The number of hydrogen-bond acceptors (Lipinski definition) is 4. The number of nitrogens with zero attached hydrogens (tertiary/aromatic N) is 2. The standard InChI is InChI=1S/C21H14F3N3O4/c22-10-4-13(23)12(14(24)5-10)8-27-15-3-1-2-11(21(25)30)19(15)20-16(27)6-26-7-17(20)31-9-18(28)29/h1-7H,8-9H2,(H2,25,30)(H,28,29). The fraction of sp³-hybridized carbons (Fsp3) is 0.0952. The number of nitrogens with two attached hydrogens (primary N) is 1. The van der Waals surface area contributed by atoms with Gasteiger partial charge in [-0.2, -0.15) is 0 Å². The van der Waals surface area contributed by atoms with Crippen molar-refractivity contribution in [1.29, 1.82) is 0 Å². The summed E-state index contributed by atoms with van der Waals surface area (Å²) in [6, 6.07) is 5.75. The van der Waals surface area contributed by atoms with Crippen molar-refractivity contribution in [2.24, 2.45) is 5.73 Å². The van der Waals surface area contributed by atoms with Crippen molar-refractivity contribution < 1.29 is 32.6 Å². The molecular weight excluding hydrogens is 415 g/mol. The monoisotopic (exact) mass is 429 g/mol. The third-order valence-electron chi connectivity index (χ3n) is 4.80. The number of carbonyl (C=O) groups is 2. The molecule has 3 N–H and O–H groups in total. The minimum absolute atomic E-state index is 0.0531. The number of halogens is 3. The summed E-state index contributed by atoms with van der Waals surface area (Å²) in [6.07, 6.45) is 2.65. The molecule has 31 heavy (non-hydrogen) atoms. The lowest BCUT2D eigenvalue weighted by molar-refractivity contribution is -0.139. The van der Waals surface area contributed by atoms with Gasteiger partial charge in [-0.1, -0.05) is 6.07 Å². The minimum Gasteiger partial charge on any atom is -0.480 e. The molecule has 0 saturated heterocycles. The number of primary amides is 1. The van der Waals surface area contributed by atoms with E-state index in [1.807, 2.05) is 0 Å². The van der Waals surface area contributed by atoms with Gasteiger partial charge in [0.15, 0.2) is 6.61 Å². The molecule has 2 aromatic heterocycles.